The van der Waals surface area contributed by atoms with E-state index in [1.54, 1.807) is 11.8 Å². The first kappa shape index (κ1) is 13.6. The summed E-state index contributed by atoms with van der Waals surface area (Å²) in [6.07, 6.45) is 0. The number of carbonyl (C=O) groups is 2. The largest absolute Gasteiger partial charge is 0.342 e. The van der Waals surface area contributed by atoms with Crippen LogP contribution in [0.1, 0.15) is 26.3 Å². The SMILES string of the molecule is Cc1cccc(N2C(=O)C(C(C)C)NC(=O)C2C)c1. The molecular weight excluding hydrogens is 240 g/mol. The highest BCUT2D eigenvalue weighted by Crippen LogP contribution is 2.24. The van der Waals surface area contributed by atoms with Gasteiger partial charge in [0.25, 0.3) is 5.91 Å². The van der Waals surface area contributed by atoms with E-state index in [9.17, 15) is 9.59 Å². The maximum Gasteiger partial charge on any atom is 0.250 e. The number of amides is 2. The summed E-state index contributed by atoms with van der Waals surface area (Å²) in [5.74, 6) is -0.0521. The third-order valence-electron chi connectivity index (χ3n) is 3.51. The van der Waals surface area contributed by atoms with Gasteiger partial charge in [0.1, 0.15) is 12.1 Å². The van der Waals surface area contributed by atoms with E-state index in [-0.39, 0.29) is 17.7 Å². The highest BCUT2D eigenvalue weighted by molar-refractivity contribution is 6.08. The predicted octanol–water partition coefficient (Wildman–Crippen LogP) is 1.87. The number of aryl methyl sites for hydroxylation is 1. The Hall–Kier alpha value is -1.84. The van der Waals surface area contributed by atoms with Crippen LogP contribution in [0, 0.1) is 12.8 Å². The molecule has 1 aromatic carbocycles. The minimum Gasteiger partial charge on any atom is -0.342 e. The van der Waals surface area contributed by atoms with Crippen LogP contribution in [0.5, 0.6) is 0 Å². The number of piperazine rings is 1. The molecule has 0 aliphatic carbocycles. The summed E-state index contributed by atoms with van der Waals surface area (Å²) in [7, 11) is 0. The summed E-state index contributed by atoms with van der Waals surface area (Å²) in [4.78, 5) is 26.2. The molecule has 0 spiro atoms. The molecule has 0 radical (unpaired) electrons. The van der Waals surface area contributed by atoms with Crippen molar-refractivity contribution in [3.8, 4) is 0 Å². The minimum atomic E-state index is -0.468. The van der Waals surface area contributed by atoms with E-state index in [0.717, 1.165) is 11.3 Å². The summed E-state index contributed by atoms with van der Waals surface area (Å²) >= 11 is 0. The molecule has 1 aliphatic heterocycles. The molecule has 4 heteroatoms. The molecule has 102 valence electrons. The Labute approximate surface area is 113 Å². The van der Waals surface area contributed by atoms with Crippen molar-refractivity contribution in [2.45, 2.75) is 39.8 Å². The van der Waals surface area contributed by atoms with Crippen molar-refractivity contribution in [1.82, 2.24) is 5.32 Å². The zero-order valence-corrected chi connectivity index (χ0v) is 11.8. The van der Waals surface area contributed by atoms with Crippen LogP contribution in [-0.2, 0) is 9.59 Å². The quantitative estimate of drug-likeness (QED) is 0.882. The normalized spacial score (nSPS) is 23.7. The van der Waals surface area contributed by atoms with Crippen LogP contribution in [0.4, 0.5) is 5.69 Å². The summed E-state index contributed by atoms with van der Waals surface area (Å²) in [6.45, 7) is 7.61. The fraction of sp³-hybridized carbons (Fsp3) is 0.467. The fourth-order valence-corrected chi connectivity index (χ4v) is 2.37. The number of rotatable bonds is 2. The number of anilines is 1. The molecule has 1 aromatic rings. The summed E-state index contributed by atoms with van der Waals surface area (Å²) in [5.41, 5.74) is 1.86. The molecule has 19 heavy (non-hydrogen) atoms. The predicted molar refractivity (Wildman–Crippen MR) is 74.9 cm³/mol. The van der Waals surface area contributed by atoms with Crippen molar-refractivity contribution >= 4 is 17.5 Å². The van der Waals surface area contributed by atoms with E-state index < -0.39 is 12.1 Å². The summed E-state index contributed by atoms with van der Waals surface area (Å²) < 4.78 is 0. The molecular formula is C15H20N2O2. The van der Waals surface area contributed by atoms with Gasteiger partial charge in [0.2, 0.25) is 5.91 Å². The molecule has 2 atom stereocenters. The van der Waals surface area contributed by atoms with Gasteiger partial charge in [-0.3, -0.25) is 14.5 Å². The van der Waals surface area contributed by atoms with Gasteiger partial charge in [0, 0.05) is 5.69 Å². The molecule has 2 rings (SSSR count). The first-order valence-corrected chi connectivity index (χ1v) is 6.62. The molecule has 2 unspecified atom stereocenters. The van der Waals surface area contributed by atoms with Gasteiger partial charge in [0.15, 0.2) is 0 Å². The van der Waals surface area contributed by atoms with Gasteiger partial charge >= 0.3 is 0 Å². The molecule has 4 nitrogen and oxygen atoms in total. The average Bonchev–Trinajstić information content (AvgIpc) is 2.34. The third kappa shape index (κ3) is 2.48. The molecule has 2 amide bonds. The maximum absolute atomic E-state index is 12.5. The number of nitrogens with zero attached hydrogens (tertiary/aromatic N) is 1. The summed E-state index contributed by atoms with van der Waals surface area (Å²) in [6, 6.07) is 6.78. The smallest absolute Gasteiger partial charge is 0.250 e. The number of nitrogens with one attached hydrogen (secondary N) is 1. The standard InChI is InChI=1S/C15H20N2O2/c1-9(2)13-15(19)17(11(4)14(18)16-13)12-7-5-6-10(3)8-12/h5-9,11,13H,1-4H3,(H,16,18). The number of benzene rings is 1. The molecule has 1 aliphatic rings. The van der Waals surface area contributed by atoms with Crippen LogP contribution in [-0.4, -0.2) is 23.9 Å². The van der Waals surface area contributed by atoms with Crippen LogP contribution in [0.25, 0.3) is 0 Å². The van der Waals surface area contributed by atoms with Crippen molar-refractivity contribution in [2.75, 3.05) is 4.90 Å². The van der Waals surface area contributed by atoms with Gasteiger partial charge in [-0.05, 0) is 37.5 Å². The van der Waals surface area contributed by atoms with Crippen LogP contribution < -0.4 is 10.2 Å². The van der Waals surface area contributed by atoms with E-state index in [1.165, 1.54) is 0 Å². The molecule has 1 N–H and O–H groups in total. The van der Waals surface area contributed by atoms with E-state index in [0.29, 0.717) is 0 Å². The van der Waals surface area contributed by atoms with Crippen LogP contribution >= 0.6 is 0 Å². The lowest BCUT2D eigenvalue weighted by Crippen LogP contribution is -2.64. The zero-order valence-electron chi connectivity index (χ0n) is 11.8. The lowest BCUT2D eigenvalue weighted by molar-refractivity contribution is -0.134. The molecule has 0 saturated carbocycles. The van der Waals surface area contributed by atoms with Crippen LogP contribution in [0.3, 0.4) is 0 Å². The molecule has 1 saturated heterocycles. The summed E-state index contributed by atoms with van der Waals surface area (Å²) in [5, 5.41) is 2.80. The molecule has 1 fully saturated rings. The molecule has 0 aromatic heterocycles. The third-order valence-corrected chi connectivity index (χ3v) is 3.51. The van der Waals surface area contributed by atoms with Crippen LogP contribution in [0.15, 0.2) is 24.3 Å². The second-order valence-electron chi connectivity index (χ2n) is 5.45. The van der Waals surface area contributed by atoms with Crippen molar-refractivity contribution in [1.29, 1.82) is 0 Å². The number of hydrogen-bond donors (Lipinski definition) is 1. The van der Waals surface area contributed by atoms with Gasteiger partial charge in [0.05, 0.1) is 0 Å². The zero-order chi connectivity index (χ0) is 14.2. The first-order chi connectivity index (χ1) is 8.91. The van der Waals surface area contributed by atoms with Gasteiger partial charge in [-0.2, -0.15) is 0 Å². The Morgan fingerprint density at radius 1 is 1.26 bits per heavy atom. The van der Waals surface area contributed by atoms with Crippen molar-refractivity contribution < 1.29 is 9.59 Å². The lowest BCUT2D eigenvalue weighted by atomic mass is 9.97. The Kier molecular flexibility index (Phi) is 3.60. The van der Waals surface area contributed by atoms with Crippen molar-refractivity contribution in [2.24, 2.45) is 5.92 Å². The second-order valence-corrected chi connectivity index (χ2v) is 5.45. The lowest BCUT2D eigenvalue weighted by Gasteiger charge is -2.38. The topological polar surface area (TPSA) is 49.4 Å². The van der Waals surface area contributed by atoms with E-state index in [4.69, 9.17) is 0 Å². The van der Waals surface area contributed by atoms with Gasteiger partial charge in [-0.1, -0.05) is 26.0 Å². The Balaban J connectivity index is 2.40. The number of hydrogen-bond acceptors (Lipinski definition) is 2. The van der Waals surface area contributed by atoms with Crippen LogP contribution in [0.2, 0.25) is 0 Å². The van der Waals surface area contributed by atoms with Gasteiger partial charge in [-0.25, -0.2) is 0 Å². The van der Waals surface area contributed by atoms with E-state index in [2.05, 4.69) is 5.32 Å². The highest BCUT2D eigenvalue weighted by atomic mass is 16.2. The maximum atomic E-state index is 12.5. The number of carbonyl (C=O) groups excluding carboxylic acids is 2. The van der Waals surface area contributed by atoms with E-state index in [1.807, 2.05) is 45.0 Å². The van der Waals surface area contributed by atoms with E-state index >= 15 is 0 Å². The molecule has 0 bridgehead atoms. The Bertz CT molecular complexity index is 511. The molecule has 1 heterocycles. The average molecular weight is 260 g/mol. The Morgan fingerprint density at radius 2 is 1.95 bits per heavy atom. The monoisotopic (exact) mass is 260 g/mol. The van der Waals surface area contributed by atoms with Gasteiger partial charge < -0.3 is 5.32 Å². The highest BCUT2D eigenvalue weighted by Gasteiger charge is 2.40. The fourth-order valence-electron chi connectivity index (χ4n) is 2.37. The van der Waals surface area contributed by atoms with Crippen molar-refractivity contribution in [3.63, 3.8) is 0 Å². The van der Waals surface area contributed by atoms with Gasteiger partial charge in [-0.15, -0.1) is 0 Å². The minimum absolute atomic E-state index is 0.0345. The van der Waals surface area contributed by atoms with Crippen molar-refractivity contribution in [3.05, 3.63) is 29.8 Å². The second kappa shape index (κ2) is 5.03. The first-order valence-electron chi connectivity index (χ1n) is 6.62. The Morgan fingerprint density at radius 3 is 2.53 bits per heavy atom.